The standard InChI is InChI=1S/C20H23NO4/c1-15-8-9-17(18(12-15)23-2)25-14-20(22)21-10-11-24-19(13-21)16-6-4-3-5-7-16/h3-9,12,19H,10-11,13-14H2,1-2H3. The number of morpholine rings is 1. The van der Waals surface area contributed by atoms with Crippen LogP contribution in [0.1, 0.15) is 17.2 Å². The summed E-state index contributed by atoms with van der Waals surface area (Å²) in [5.41, 5.74) is 2.16. The van der Waals surface area contributed by atoms with Crippen molar-refractivity contribution >= 4 is 5.91 Å². The van der Waals surface area contributed by atoms with Gasteiger partial charge in [0.2, 0.25) is 0 Å². The van der Waals surface area contributed by atoms with Crippen LogP contribution < -0.4 is 9.47 Å². The molecule has 2 aromatic carbocycles. The molecular formula is C20H23NO4. The Bertz CT molecular complexity index is 717. The van der Waals surface area contributed by atoms with Crippen LogP contribution in [-0.2, 0) is 9.53 Å². The Kier molecular flexibility index (Phi) is 5.56. The molecule has 0 aliphatic carbocycles. The Morgan fingerprint density at radius 3 is 2.76 bits per heavy atom. The maximum absolute atomic E-state index is 12.5. The average molecular weight is 341 g/mol. The minimum atomic E-state index is -0.0900. The maximum atomic E-state index is 12.5. The largest absolute Gasteiger partial charge is 0.493 e. The lowest BCUT2D eigenvalue weighted by atomic mass is 10.1. The third kappa shape index (κ3) is 4.31. The minimum Gasteiger partial charge on any atom is -0.493 e. The number of carbonyl (C=O) groups excluding carboxylic acids is 1. The molecule has 1 amide bonds. The van der Waals surface area contributed by atoms with E-state index in [0.29, 0.717) is 31.2 Å². The van der Waals surface area contributed by atoms with E-state index in [-0.39, 0.29) is 18.6 Å². The summed E-state index contributed by atoms with van der Waals surface area (Å²) in [7, 11) is 1.59. The van der Waals surface area contributed by atoms with Gasteiger partial charge in [0.1, 0.15) is 6.10 Å². The summed E-state index contributed by atoms with van der Waals surface area (Å²) < 4.78 is 16.8. The van der Waals surface area contributed by atoms with E-state index in [4.69, 9.17) is 14.2 Å². The molecule has 3 rings (SSSR count). The molecule has 1 aliphatic heterocycles. The van der Waals surface area contributed by atoms with Crippen LogP contribution in [0.2, 0.25) is 0 Å². The highest BCUT2D eigenvalue weighted by Crippen LogP contribution is 2.28. The molecule has 0 N–H and O–H groups in total. The number of hydrogen-bond acceptors (Lipinski definition) is 4. The molecule has 132 valence electrons. The average Bonchev–Trinajstić information content (AvgIpc) is 2.67. The molecule has 1 heterocycles. The summed E-state index contributed by atoms with van der Waals surface area (Å²) in [4.78, 5) is 14.3. The Morgan fingerprint density at radius 1 is 1.20 bits per heavy atom. The van der Waals surface area contributed by atoms with Crippen LogP contribution in [0.15, 0.2) is 48.5 Å². The first-order valence-electron chi connectivity index (χ1n) is 8.39. The Balaban J connectivity index is 1.60. The van der Waals surface area contributed by atoms with E-state index in [9.17, 15) is 4.79 Å². The van der Waals surface area contributed by atoms with Gasteiger partial charge in [0.25, 0.3) is 5.91 Å². The zero-order chi connectivity index (χ0) is 17.6. The maximum Gasteiger partial charge on any atom is 0.260 e. The molecule has 1 fully saturated rings. The van der Waals surface area contributed by atoms with Crippen molar-refractivity contribution in [3.05, 3.63) is 59.7 Å². The molecule has 1 atom stereocenters. The summed E-state index contributed by atoms with van der Waals surface area (Å²) in [6, 6.07) is 15.6. The summed E-state index contributed by atoms with van der Waals surface area (Å²) in [5, 5.41) is 0. The van der Waals surface area contributed by atoms with Crippen LogP contribution in [0, 0.1) is 6.92 Å². The molecule has 0 bridgehead atoms. The Hall–Kier alpha value is -2.53. The molecule has 0 spiro atoms. The molecule has 1 saturated heterocycles. The molecular weight excluding hydrogens is 318 g/mol. The molecule has 0 radical (unpaired) electrons. The quantitative estimate of drug-likeness (QED) is 0.839. The van der Waals surface area contributed by atoms with Crippen LogP contribution in [0.25, 0.3) is 0 Å². The van der Waals surface area contributed by atoms with Crippen molar-refractivity contribution in [2.75, 3.05) is 33.4 Å². The lowest BCUT2D eigenvalue weighted by Crippen LogP contribution is -2.44. The van der Waals surface area contributed by atoms with Crippen molar-refractivity contribution in [2.45, 2.75) is 13.0 Å². The molecule has 0 saturated carbocycles. The van der Waals surface area contributed by atoms with Gasteiger partial charge in [0.05, 0.1) is 20.3 Å². The molecule has 2 aromatic rings. The number of benzene rings is 2. The van der Waals surface area contributed by atoms with Crippen molar-refractivity contribution in [3.8, 4) is 11.5 Å². The molecule has 5 heteroatoms. The number of amides is 1. The SMILES string of the molecule is COc1cc(C)ccc1OCC(=O)N1CCOC(c2ccccc2)C1. The van der Waals surface area contributed by atoms with Crippen molar-refractivity contribution in [3.63, 3.8) is 0 Å². The third-order valence-electron chi connectivity index (χ3n) is 4.26. The molecule has 25 heavy (non-hydrogen) atoms. The van der Waals surface area contributed by atoms with Crippen molar-refractivity contribution in [1.29, 1.82) is 0 Å². The van der Waals surface area contributed by atoms with Crippen LogP contribution >= 0.6 is 0 Å². The van der Waals surface area contributed by atoms with E-state index in [1.807, 2.05) is 55.5 Å². The second-order valence-corrected chi connectivity index (χ2v) is 6.05. The van der Waals surface area contributed by atoms with E-state index in [1.54, 1.807) is 12.0 Å². The smallest absolute Gasteiger partial charge is 0.260 e. The van der Waals surface area contributed by atoms with Gasteiger partial charge in [-0.25, -0.2) is 0 Å². The van der Waals surface area contributed by atoms with Gasteiger partial charge in [-0.1, -0.05) is 36.4 Å². The number of nitrogens with zero attached hydrogens (tertiary/aromatic N) is 1. The highest BCUT2D eigenvalue weighted by molar-refractivity contribution is 5.78. The fourth-order valence-electron chi connectivity index (χ4n) is 2.87. The van der Waals surface area contributed by atoms with Gasteiger partial charge in [-0.2, -0.15) is 0 Å². The summed E-state index contributed by atoms with van der Waals surface area (Å²) in [6.07, 6.45) is -0.0900. The highest BCUT2D eigenvalue weighted by atomic mass is 16.5. The first-order chi connectivity index (χ1) is 12.2. The summed E-state index contributed by atoms with van der Waals surface area (Å²) in [6.45, 7) is 3.61. The predicted molar refractivity (Wildman–Crippen MR) is 94.9 cm³/mol. The van der Waals surface area contributed by atoms with Crippen molar-refractivity contribution < 1.29 is 19.0 Å². The van der Waals surface area contributed by atoms with Crippen LogP contribution in [-0.4, -0.2) is 44.2 Å². The van der Waals surface area contributed by atoms with E-state index in [2.05, 4.69) is 0 Å². The predicted octanol–water partition coefficient (Wildman–Crippen LogP) is 2.98. The molecule has 5 nitrogen and oxygen atoms in total. The normalized spacial score (nSPS) is 17.2. The van der Waals surface area contributed by atoms with Gasteiger partial charge in [0.15, 0.2) is 18.1 Å². The second-order valence-electron chi connectivity index (χ2n) is 6.05. The number of rotatable bonds is 5. The minimum absolute atomic E-state index is 0.0130. The van der Waals surface area contributed by atoms with Crippen LogP contribution in [0.5, 0.6) is 11.5 Å². The van der Waals surface area contributed by atoms with Crippen molar-refractivity contribution in [1.82, 2.24) is 4.90 Å². The number of ether oxygens (including phenoxy) is 3. The van der Waals surface area contributed by atoms with Gasteiger partial charge in [-0.3, -0.25) is 4.79 Å². The van der Waals surface area contributed by atoms with Gasteiger partial charge >= 0.3 is 0 Å². The first-order valence-corrected chi connectivity index (χ1v) is 8.39. The molecule has 1 aliphatic rings. The fraction of sp³-hybridized carbons (Fsp3) is 0.350. The monoisotopic (exact) mass is 341 g/mol. The topological polar surface area (TPSA) is 48.0 Å². The first kappa shape index (κ1) is 17.3. The lowest BCUT2D eigenvalue weighted by Gasteiger charge is -2.33. The van der Waals surface area contributed by atoms with E-state index in [1.165, 1.54) is 0 Å². The zero-order valence-electron chi connectivity index (χ0n) is 14.6. The fourth-order valence-corrected chi connectivity index (χ4v) is 2.87. The third-order valence-corrected chi connectivity index (χ3v) is 4.26. The number of aryl methyl sites for hydroxylation is 1. The Morgan fingerprint density at radius 2 is 2.00 bits per heavy atom. The highest BCUT2D eigenvalue weighted by Gasteiger charge is 2.25. The van der Waals surface area contributed by atoms with Crippen molar-refractivity contribution in [2.24, 2.45) is 0 Å². The number of carbonyl (C=O) groups is 1. The second kappa shape index (κ2) is 8.03. The van der Waals surface area contributed by atoms with Crippen LogP contribution in [0.4, 0.5) is 0 Å². The van der Waals surface area contributed by atoms with Gasteiger partial charge in [0, 0.05) is 6.54 Å². The zero-order valence-corrected chi connectivity index (χ0v) is 14.6. The molecule has 1 unspecified atom stereocenters. The summed E-state index contributed by atoms with van der Waals surface area (Å²) in [5.74, 6) is 1.16. The number of hydrogen-bond donors (Lipinski definition) is 0. The van der Waals surface area contributed by atoms with E-state index >= 15 is 0 Å². The summed E-state index contributed by atoms with van der Waals surface area (Å²) >= 11 is 0. The van der Waals surface area contributed by atoms with Gasteiger partial charge < -0.3 is 19.1 Å². The molecule has 0 aromatic heterocycles. The van der Waals surface area contributed by atoms with E-state index < -0.39 is 0 Å². The lowest BCUT2D eigenvalue weighted by molar-refractivity contribution is -0.141. The van der Waals surface area contributed by atoms with Gasteiger partial charge in [-0.15, -0.1) is 0 Å². The van der Waals surface area contributed by atoms with Gasteiger partial charge in [-0.05, 0) is 30.2 Å². The Labute approximate surface area is 148 Å². The van der Waals surface area contributed by atoms with E-state index in [0.717, 1.165) is 11.1 Å². The van der Waals surface area contributed by atoms with Crippen LogP contribution in [0.3, 0.4) is 0 Å². The number of methoxy groups -OCH3 is 1.